The average molecular weight is 1070 g/mol. The van der Waals surface area contributed by atoms with E-state index in [1.54, 1.807) is 37.7 Å². The average Bonchev–Trinajstić information content (AvgIpc) is 4.15. The van der Waals surface area contributed by atoms with Crippen molar-refractivity contribution in [2.24, 2.45) is 11.3 Å². The van der Waals surface area contributed by atoms with Crippen LogP contribution in [-0.4, -0.2) is 102 Å². The van der Waals surface area contributed by atoms with Crippen molar-refractivity contribution in [2.75, 3.05) is 56.6 Å². The van der Waals surface area contributed by atoms with Gasteiger partial charge in [0.2, 0.25) is 0 Å². The van der Waals surface area contributed by atoms with Crippen LogP contribution in [-0.2, 0) is 16.6 Å². The molecule has 1 unspecified atom stereocenters. The molecule has 4 aromatic carbocycles. The van der Waals surface area contributed by atoms with Crippen LogP contribution in [0.4, 0.5) is 17.1 Å². The Balaban J connectivity index is 0.776. The lowest BCUT2D eigenvalue weighted by Gasteiger charge is -2.58. The van der Waals surface area contributed by atoms with E-state index in [4.69, 9.17) is 9.47 Å². The third-order valence-electron chi connectivity index (χ3n) is 17.5. The first kappa shape index (κ1) is 52.5. The van der Waals surface area contributed by atoms with Crippen LogP contribution in [0.25, 0.3) is 11.0 Å². The second-order valence-electron chi connectivity index (χ2n) is 23.2. The summed E-state index contributed by atoms with van der Waals surface area (Å²) in [5.41, 5.74) is 6.25. The number of amides is 1. The number of aromatic nitrogens is 2. The van der Waals surface area contributed by atoms with Gasteiger partial charge in [-0.25, -0.2) is 18.1 Å². The molecule has 77 heavy (non-hydrogen) atoms. The summed E-state index contributed by atoms with van der Waals surface area (Å²) in [7, 11) is -2.80. The lowest BCUT2D eigenvalue weighted by Crippen LogP contribution is -2.60. The Labute approximate surface area is 451 Å². The van der Waals surface area contributed by atoms with Crippen LogP contribution in [0, 0.1) is 21.4 Å². The number of sulfonamides is 1. The minimum absolute atomic E-state index is 0.0269. The Hall–Kier alpha value is -6.53. The van der Waals surface area contributed by atoms with E-state index >= 15 is 0 Å². The molecule has 406 valence electrons. The fourth-order valence-electron chi connectivity index (χ4n) is 12.8. The van der Waals surface area contributed by atoms with Crippen LogP contribution in [0.3, 0.4) is 0 Å². The quantitative estimate of drug-likeness (QED) is 0.0498. The fourth-order valence-corrected chi connectivity index (χ4v) is 13.8. The Morgan fingerprint density at radius 1 is 0.909 bits per heavy atom. The van der Waals surface area contributed by atoms with E-state index in [1.807, 2.05) is 19.1 Å². The van der Waals surface area contributed by atoms with Crippen molar-refractivity contribution < 1.29 is 32.7 Å². The Morgan fingerprint density at radius 3 is 2.43 bits per heavy atom. The number of methoxy groups -OCH3 is 1. The van der Waals surface area contributed by atoms with Crippen molar-refractivity contribution >= 4 is 44.0 Å². The number of anilines is 2. The predicted molar refractivity (Wildman–Crippen MR) is 299 cm³/mol. The molecule has 5 fully saturated rings. The number of benzene rings is 4. The number of nitrogens with one attached hydrogen (secondary N) is 3. The maximum atomic E-state index is 14.1. The third kappa shape index (κ3) is 11.4. The number of nitro benzene ring substituents is 1. The zero-order chi connectivity index (χ0) is 53.6. The number of rotatable bonds is 17. The molecule has 17 heteroatoms. The number of nitro groups is 1. The van der Waals surface area contributed by atoms with Gasteiger partial charge in [0.1, 0.15) is 28.6 Å². The topological polar surface area (TPSA) is 195 Å². The molecule has 2 aromatic heterocycles. The van der Waals surface area contributed by atoms with Crippen LogP contribution in [0.5, 0.6) is 17.2 Å². The Bertz CT molecular complexity index is 3260. The third-order valence-corrected chi connectivity index (χ3v) is 18.8. The minimum atomic E-state index is -4.59. The molecule has 5 aliphatic rings. The largest absolute Gasteiger partial charge is 0.496 e. The van der Waals surface area contributed by atoms with Crippen molar-refractivity contribution in [2.45, 2.75) is 126 Å². The van der Waals surface area contributed by atoms with Gasteiger partial charge in [-0.1, -0.05) is 50.2 Å². The van der Waals surface area contributed by atoms with Gasteiger partial charge in [-0.3, -0.25) is 24.7 Å². The molecule has 16 nitrogen and oxygen atoms in total. The highest BCUT2D eigenvalue weighted by molar-refractivity contribution is 7.90. The molecule has 0 radical (unpaired) electrons. The molecule has 4 N–H and O–H groups in total. The molecule has 6 aromatic rings. The first-order valence-electron chi connectivity index (χ1n) is 27.6. The second-order valence-corrected chi connectivity index (χ2v) is 24.9. The van der Waals surface area contributed by atoms with Gasteiger partial charge >= 0.3 is 0 Å². The number of carbonyl (C=O) groups is 1. The van der Waals surface area contributed by atoms with E-state index in [1.165, 1.54) is 47.2 Å². The van der Waals surface area contributed by atoms with Crippen LogP contribution >= 0.6 is 0 Å². The molecular weight excluding hydrogens is 993 g/mol. The number of carbonyl (C=O) groups excluding carboxylic acids is 1. The molecule has 2 saturated heterocycles. The number of H-pyrrole nitrogens is 1. The van der Waals surface area contributed by atoms with Crippen molar-refractivity contribution in [1.29, 1.82) is 0 Å². The highest BCUT2D eigenvalue weighted by atomic mass is 32.2. The molecule has 4 heterocycles. The molecule has 0 bridgehead atoms. The van der Waals surface area contributed by atoms with Crippen molar-refractivity contribution in [3.63, 3.8) is 0 Å². The molecule has 1 amide bonds. The SMILES string of the molecule is COc1cc(CN2CCN(C3CC4(CCN(c5ccc(C(=O)NS(=O)(=O)c6ccc(NCC7CCC(C)(O)CC7)c([N+](=O)[O-])c6)c(Oc6cnc7[nH]ccc7c6)c5)CC4)C3)C(c3ccccc3C(C)C)C2)ccc1C1CC1. The van der Waals surface area contributed by atoms with Gasteiger partial charge < -0.3 is 29.8 Å². The highest BCUT2D eigenvalue weighted by Crippen LogP contribution is 2.54. The van der Waals surface area contributed by atoms with Gasteiger partial charge in [-0.2, -0.15) is 0 Å². The summed E-state index contributed by atoms with van der Waals surface area (Å²) in [4.78, 5) is 40.7. The maximum absolute atomic E-state index is 14.1. The van der Waals surface area contributed by atoms with Gasteiger partial charge in [0.25, 0.3) is 21.6 Å². The number of piperazine rings is 1. The van der Waals surface area contributed by atoms with E-state index in [0.29, 0.717) is 48.7 Å². The van der Waals surface area contributed by atoms with E-state index < -0.39 is 37.0 Å². The number of ether oxygens (including phenoxy) is 2. The first-order chi connectivity index (χ1) is 37.0. The number of pyridine rings is 1. The molecule has 3 saturated carbocycles. The molecule has 1 spiro atoms. The zero-order valence-corrected chi connectivity index (χ0v) is 45.5. The van der Waals surface area contributed by atoms with Crippen molar-refractivity contribution in [3.8, 4) is 17.2 Å². The molecule has 1 atom stereocenters. The summed E-state index contributed by atoms with van der Waals surface area (Å²) in [6, 6.07) is 29.1. The molecular formula is C60H72N8O8S. The van der Waals surface area contributed by atoms with Crippen molar-refractivity contribution in [1.82, 2.24) is 24.5 Å². The number of piperidine rings is 1. The lowest BCUT2D eigenvalue weighted by atomic mass is 9.59. The summed E-state index contributed by atoms with van der Waals surface area (Å²) in [6.45, 7) is 12.3. The summed E-state index contributed by atoms with van der Waals surface area (Å²) in [5, 5.41) is 26.5. The van der Waals surface area contributed by atoms with Gasteiger partial charge in [0.05, 0.1) is 34.3 Å². The summed E-state index contributed by atoms with van der Waals surface area (Å²) in [6.07, 6.45) is 12.9. The normalized spacial score (nSPS) is 22.2. The number of aliphatic hydroxyl groups is 1. The standard InChI is InChI=1S/C60H72N8O8S/c1-39(2)48-7-5-6-8-50(48)54-38-65(37-41-9-14-49(42-10-11-42)55(29-41)75-4)27-28-67(54)45-33-60(34-45)22-25-66(26-23-60)44-12-15-51(56(31-44)76-46-30-43-19-24-61-57(43)63-36-46)58(69)64-77(73,74)47-13-16-52(53(32-47)68(71)72)62-35-40-17-20-59(3,70)21-18-40/h5-9,12-16,19,24,29-32,36,39-40,42,45,54,62,70H,10-11,17-18,20-23,25-28,33-35,37-38H2,1-4H3,(H,61,63)(H,64,69). The fraction of sp³-hybridized carbons (Fsp3) is 0.467. The minimum Gasteiger partial charge on any atom is -0.496 e. The number of fused-ring (bicyclic) bond motifs is 1. The number of hydrogen-bond donors (Lipinski definition) is 4. The second kappa shape index (κ2) is 21.4. The number of aromatic amines is 1. The zero-order valence-electron chi connectivity index (χ0n) is 44.7. The van der Waals surface area contributed by atoms with Gasteiger partial charge in [-0.05, 0) is 159 Å². The number of nitrogens with zero attached hydrogens (tertiary/aromatic N) is 5. The molecule has 11 rings (SSSR count). The van der Waals surface area contributed by atoms with Gasteiger partial charge in [-0.15, -0.1) is 0 Å². The van der Waals surface area contributed by atoms with Gasteiger partial charge in [0, 0.05) is 87.3 Å². The Morgan fingerprint density at radius 2 is 1.69 bits per heavy atom. The van der Waals surface area contributed by atoms with Crippen LogP contribution in [0.1, 0.15) is 135 Å². The van der Waals surface area contributed by atoms with Crippen LogP contribution < -0.4 is 24.4 Å². The van der Waals surface area contributed by atoms with Crippen LogP contribution in [0.15, 0.2) is 108 Å². The van der Waals surface area contributed by atoms with E-state index in [-0.39, 0.29) is 34.4 Å². The van der Waals surface area contributed by atoms with E-state index in [2.05, 4.69) is 91.0 Å². The lowest BCUT2D eigenvalue weighted by molar-refractivity contribution is -0.384. The number of hydrogen-bond acceptors (Lipinski definition) is 13. The molecule has 3 aliphatic carbocycles. The summed E-state index contributed by atoms with van der Waals surface area (Å²) >= 11 is 0. The first-order valence-corrected chi connectivity index (χ1v) is 29.1. The van der Waals surface area contributed by atoms with E-state index in [9.17, 15) is 28.4 Å². The summed E-state index contributed by atoms with van der Waals surface area (Å²) < 4.78 is 42.2. The maximum Gasteiger partial charge on any atom is 0.293 e. The van der Waals surface area contributed by atoms with Crippen LogP contribution in [0.2, 0.25) is 0 Å². The predicted octanol–water partition coefficient (Wildman–Crippen LogP) is 11.1. The smallest absolute Gasteiger partial charge is 0.293 e. The summed E-state index contributed by atoms with van der Waals surface area (Å²) in [5.74, 6) is 1.83. The van der Waals surface area contributed by atoms with Crippen molar-refractivity contribution in [3.05, 3.63) is 141 Å². The monoisotopic (exact) mass is 1060 g/mol. The van der Waals surface area contributed by atoms with E-state index in [0.717, 1.165) is 101 Å². The molecule has 2 aliphatic heterocycles. The highest BCUT2D eigenvalue weighted by Gasteiger charge is 2.50. The van der Waals surface area contributed by atoms with Gasteiger partial charge in [0.15, 0.2) is 0 Å². The Kier molecular flexibility index (Phi) is 14.6.